The van der Waals surface area contributed by atoms with E-state index >= 15 is 0 Å². The quantitative estimate of drug-likeness (QED) is 0.884. The van der Waals surface area contributed by atoms with E-state index in [1.807, 2.05) is 38.4 Å². The van der Waals surface area contributed by atoms with Crippen molar-refractivity contribution in [2.45, 2.75) is 12.5 Å². The van der Waals surface area contributed by atoms with Gasteiger partial charge in [-0.15, -0.1) is 0 Å². The summed E-state index contributed by atoms with van der Waals surface area (Å²) in [5.74, 6) is 0.591. The summed E-state index contributed by atoms with van der Waals surface area (Å²) in [6.45, 7) is 0. The van der Waals surface area contributed by atoms with E-state index in [9.17, 15) is 8.42 Å². The maximum absolute atomic E-state index is 11.4. The van der Waals surface area contributed by atoms with Crippen molar-refractivity contribution in [1.82, 2.24) is 0 Å². The molecule has 1 aliphatic heterocycles. The molecule has 0 amide bonds. The largest absolute Gasteiger partial charge is 0.388 e. The van der Waals surface area contributed by atoms with Crippen molar-refractivity contribution < 1.29 is 8.42 Å². The van der Waals surface area contributed by atoms with Crippen molar-refractivity contribution in [3.63, 3.8) is 0 Å². The second-order valence-electron chi connectivity index (χ2n) is 4.46. The van der Waals surface area contributed by atoms with Crippen molar-refractivity contribution in [3.8, 4) is 0 Å². The standard InChI is InChI=1S/C12H18N2O2S/c1-13-10-3-5-11(6-4-10)14(2)12-7-8-17(15,16)9-12/h3-6,12-13H,7-9H2,1-2H3. The Morgan fingerprint density at radius 3 is 2.41 bits per heavy atom. The molecule has 4 nitrogen and oxygen atoms in total. The van der Waals surface area contributed by atoms with Gasteiger partial charge in [0.25, 0.3) is 0 Å². The zero-order chi connectivity index (χ0) is 12.5. The van der Waals surface area contributed by atoms with Gasteiger partial charge in [-0.2, -0.15) is 0 Å². The molecular weight excluding hydrogens is 236 g/mol. The molecule has 0 bridgehead atoms. The fourth-order valence-electron chi connectivity index (χ4n) is 2.15. The molecule has 1 aliphatic rings. The van der Waals surface area contributed by atoms with E-state index in [2.05, 4.69) is 10.2 Å². The van der Waals surface area contributed by atoms with Crippen LogP contribution in [-0.2, 0) is 9.84 Å². The fraction of sp³-hybridized carbons (Fsp3) is 0.500. The number of nitrogens with one attached hydrogen (secondary N) is 1. The van der Waals surface area contributed by atoms with Gasteiger partial charge < -0.3 is 10.2 Å². The third-order valence-electron chi connectivity index (χ3n) is 3.32. The van der Waals surface area contributed by atoms with E-state index in [1.54, 1.807) is 0 Å². The van der Waals surface area contributed by atoms with Crippen LogP contribution >= 0.6 is 0 Å². The summed E-state index contributed by atoms with van der Waals surface area (Å²) in [5.41, 5.74) is 2.12. The minimum atomic E-state index is -2.82. The Bertz CT molecular complexity index is 482. The highest BCUT2D eigenvalue weighted by Crippen LogP contribution is 2.23. The summed E-state index contributed by atoms with van der Waals surface area (Å²) in [5, 5.41) is 3.06. The average Bonchev–Trinajstić information content (AvgIpc) is 2.69. The lowest BCUT2D eigenvalue weighted by atomic mass is 10.2. The van der Waals surface area contributed by atoms with Crippen LogP contribution in [0, 0.1) is 0 Å². The smallest absolute Gasteiger partial charge is 0.152 e. The molecule has 1 N–H and O–H groups in total. The number of rotatable bonds is 3. The molecule has 17 heavy (non-hydrogen) atoms. The summed E-state index contributed by atoms with van der Waals surface area (Å²) in [4.78, 5) is 2.06. The van der Waals surface area contributed by atoms with Crippen LogP contribution in [-0.4, -0.2) is 40.1 Å². The molecule has 5 heteroatoms. The molecule has 94 valence electrons. The fourth-order valence-corrected chi connectivity index (χ4v) is 3.93. The Labute approximate surface area is 103 Å². The number of benzene rings is 1. The van der Waals surface area contributed by atoms with Gasteiger partial charge in [0.2, 0.25) is 0 Å². The second kappa shape index (κ2) is 4.56. The van der Waals surface area contributed by atoms with Crippen molar-refractivity contribution in [2.24, 2.45) is 0 Å². The molecule has 1 saturated heterocycles. The summed E-state index contributed by atoms with van der Waals surface area (Å²) >= 11 is 0. The van der Waals surface area contributed by atoms with Gasteiger partial charge in [-0.25, -0.2) is 8.42 Å². The van der Waals surface area contributed by atoms with Crippen LogP contribution in [0.2, 0.25) is 0 Å². The van der Waals surface area contributed by atoms with Crippen LogP contribution in [0.15, 0.2) is 24.3 Å². The zero-order valence-corrected chi connectivity index (χ0v) is 11.0. The van der Waals surface area contributed by atoms with Crippen molar-refractivity contribution in [3.05, 3.63) is 24.3 Å². The van der Waals surface area contributed by atoms with Crippen LogP contribution in [0.4, 0.5) is 11.4 Å². The first kappa shape index (κ1) is 12.2. The topological polar surface area (TPSA) is 49.4 Å². The molecule has 1 aromatic rings. The van der Waals surface area contributed by atoms with Crippen LogP contribution < -0.4 is 10.2 Å². The minimum Gasteiger partial charge on any atom is -0.388 e. The van der Waals surface area contributed by atoms with Gasteiger partial charge in [0.1, 0.15) is 0 Å². The highest BCUT2D eigenvalue weighted by atomic mass is 32.2. The van der Waals surface area contributed by atoms with E-state index in [1.165, 1.54) is 0 Å². The molecule has 0 aliphatic carbocycles. The normalized spacial score (nSPS) is 22.4. The third-order valence-corrected chi connectivity index (χ3v) is 5.07. The van der Waals surface area contributed by atoms with E-state index in [4.69, 9.17) is 0 Å². The van der Waals surface area contributed by atoms with Gasteiger partial charge >= 0.3 is 0 Å². The van der Waals surface area contributed by atoms with Gasteiger partial charge in [-0.3, -0.25) is 0 Å². The SMILES string of the molecule is CNc1ccc(N(C)C2CCS(=O)(=O)C2)cc1. The first-order chi connectivity index (χ1) is 8.02. The molecular formula is C12H18N2O2S. The third kappa shape index (κ3) is 2.72. The molecule has 1 unspecified atom stereocenters. The lowest BCUT2D eigenvalue weighted by molar-refractivity contribution is 0.601. The molecule has 1 fully saturated rings. The molecule has 0 saturated carbocycles. The van der Waals surface area contributed by atoms with Gasteiger partial charge in [-0.05, 0) is 30.7 Å². The summed E-state index contributed by atoms with van der Waals surface area (Å²) < 4.78 is 22.9. The summed E-state index contributed by atoms with van der Waals surface area (Å²) in [7, 11) is 1.02. The Kier molecular flexibility index (Phi) is 3.28. The van der Waals surface area contributed by atoms with Crippen molar-refractivity contribution in [1.29, 1.82) is 0 Å². The predicted molar refractivity (Wildman–Crippen MR) is 71.5 cm³/mol. The number of hydrogen-bond donors (Lipinski definition) is 1. The molecule has 1 aromatic carbocycles. The van der Waals surface area contributed by atoms with Crippen LogP contribution in [0.25, 0.3) is 0 Å². The van der Waals surface area contributed by atoms with Crippen LogP contribution in [0.1, 0.15) is 6.42 Å². The van der Waals surface area contributed by atoms with E-state index in [0.717, 1.165) is 17.8 Å². The van der Waals surface area contributed by atoms with E-state index in [0.29, 0.717) is 5.75 Å². The molecule has 0 radical (unpaired) electrons. The first-order valence-corrected chi connectivity index (χ1v) is 7.55. The van der Waals surface area contributed by atoms with Gasteiger partial charge in [0, 0.05) is 31.5 Å². The monoisotopic (exact) mass is 254 g/mol. The van der Waals surface area contributed by atoms with Crippen molar-refractivity contribution in [2.75, 3.05) is 35.8 Å². The number of nitrogens with zero attached hydrogens (tertiary/aromatic N) is 1. The second-order valence-corrected chi connectivity index (χ2v) is 6.69. The highest BCUT2D eigenvalue weighted by molar-refractivity contribution is 7.91. The van der Waals surface area contributed by atoms with E-state index in [-0.39, 0.29) is 11.8 Å². The molecule has 1 atom stereocenters. The maximum atomic E-state index is 11.4. The van der Waals surface area contributed by atoms with Gasteiger partial charge in [0.05, 0.1) is 11.5 Å². The lowest BCUT2D eigenvalue weighted by Crippen LogP contribution is -2.32. The van der Waals surface area contributed by atoms with Crippen molar-refractivity contribution >= 4 is 21.2 Å². The molecule has 2 rings (SSSR count). The Morgan fingerprint density at radius 2 is 1.94 bits per heavy atom. The Morgan fingerprint density at radius 1 is 1.29 bits per heavy atom. The molecule has 0 spiro atoms. The minimum absolute atomic E-state index is 0.112. The lowest BCUT2D eigenvalue weighted by Gasteiger charge is -2.25. The highest BCUT2D eigenvalue weighted by Gasteiger charge is 2.30. The molecule has 1 heterocycles. The zero-order valence-electron chi connectivity index (χ0n) is 10.2. The number of sulfone groups is 1. The number of anilines is 2. The van der Waals surface area contributed by atoms with E-state index < -0.39 is 9.84 Å². The predicted octanol–water partition coefficient (Wildman–Crippen LogP) is 1.35. The summed E-state index contributed by atoms with van der Waals surface area (Å²) in [6, 6.07) is 8.12. The van der Waals surface area contributed by atoms with Gasteiger partial charge in [-0.1, -0.05) is 0 Å². The van der Waals surface area contributed by atoms with Crippen LogP contribution in [0.5, 0.6) is 0 Å². The maximum Gasteiger partial charge on any atom is 0.152 e. The Hall–Kier alpha value is -1.23. The average molecular weight is 254 g/mol. The number of hydrogen-bond acceptors (Lipinski definition) is 4. The van der Waals surface area contributed by atoms with Crippen LogP contribution in [0.3, 0.4) is 0 Å². The molecule has 0 aromatic heterocycles. The summed E-state index contributed by atoms with van der Waals surface area (Å²) in [6.07, 6.45) is 0.729. The first-order valence-electron chi connectivity index (χ1n) is 5.73. The van der Waals surface area contributed by atoms with Gasteiger partial charge in [0.15, 0.2) is 9.84 Å². The Balaban J connectivity index is 2.11.